The summed E-state index contributed by atoms with van der Waals surface area (Å²) in [5.41, 5.74) is -1.38. The van der Waals surface area contributed by atoms with Crippen LogP contribution < -0.4 is 15.4 Å². The molecule has 0 spiro atoms. The van der Waals surface area contributed by atoms with Crippen LogP contribution in [0.4, 0.5) is 4.39 Å². The van der Waals surface area contributed by atoms with E-state index in [0.717, 1.165) is 44.6 Å². The van der Waals surface area contributed by atoms with E-state index in [9.17, 15) is 23.9 Å². The number of aliphatic hydroxyl groups excluding tert-OH is 1. The Morgan fingerprint density at radius 2 is 1.79 bits per heavy atom. The van der Waals surface area contributed by atoms with Crippen LogP contribution in [0.2, 0.25) is 5.02 Å². The minimum absolute atomic E-state index is 0.0229. The number of hydrogen-bond donors (Lipinski definition) is 3. The summed E-state index contributed by atoms with van der Waals surface area (Å²) in [4.78, 5) is 40.0. The van der Waals surface area contributed by atoms with E-state index in [2.05, 4.69) is 10.6 Å². The Bertz CT molecular complexity index is 1200. The molecule has 5 saturated carbocycles. The molecule has 230 valence electrons. The van der Waals surface area contributed by atoms with Gasteiger partial charge in [-0.1, -0.05) is 37.3 Å². The molecule has 2 amide bonds. The fourth-order valence-corrected chi connectivity index (χ4v) is 8.62. The maximum absolute atomic E-state index is 14.1. The molecule has 1 heterocycles. The first-order chi connectivity index (χ1) is 20.2. The SMILES string of the molecule is O=C(COc1ccc(Cl)c(F)c1)NC12CCC(NC(=O)C3C(C4CCCCCC4)OC4CCCC(=O)C43)(CC1)C(O)C2. The van der Waals surface area contributed by atoms with E-state index in [4.69, 9.17) is 21.1 Å². The number of rotatable bonds is 7. The maximum atomic E-state index is 14.1. The number of ketones is 1. The van der Waals surface area contributed by atoms with E-state index >= 15 is 0 Å². The summed E-state index contributed by atoms with van der Waals surface area (Å²) >= 11 is 5.71. The molecule has 1 aromatic rings. The average Bonchev–Trinajstić information content (AvgIpc) is 3.16. The van der Waals surface area contributed by atoms with Crippen molar-refractivity contribution in [2.75, 3.05) is 6.61 Å². The number of carbonyl (C=O) groups excluding carboxylic acids is 3. The fraction of sp³-hybridized carbons (Fsp3) is 0.719. The third-order valence-corrected chi connectivity index (χ3v) is 11.1. The van der Waals surface area contributed by atoms with Crippen LogP contribution in [0.15, 0.2) is 18.2 Å². The molecule has 1 saturated heterocycles. The van der Waals surface area contributed by atoms with Gasteiger partial charge in [0.2, 0.25) is 5.91 Å². The van der Waals surface area contributed by atoms with E-state index in [1.165, 1.54) is 25.0 Å². The Morgan fingerprint density at radius 3 is 2.48 bits per heavy atom. The highest BCUT2D eigenvalue weighted by Gasteiger charge is 2.59. The second kappa shape index (κ2) is 12.0. The Labute approximate surface area is 251 Å². The highest BCUT2D eigenvalue weighted by Crippen LogP contribution is 2.49. The Balaban J connectivity index is 1.10. The van der Waals surface area contributed by atoms with E-state index in [1.54, 1.807) is 0 Å². The molecule has 5 aliphatic carbocycles. The van der Waals surface area contributed by atoms with Crippen molar-refractivity contribution in [1.29, 1.82) is 0 Å². The van der Waals surface area contributed by atoms with Gasteiger partial charge in [-0.2, -0.15) is 0 Å². The lowest BCUT2D eigenvalue weighted by molar-refractivity contribution is -0.142. The number of benzene rings is 1. The Hall–Kier alpha value is -2.23. The van der Waals surface area contributed by atoms with Crippen molar-refractivity contribution in [2.24, 2.45) is 17.8 Å². The van der Waals surface area contributed by atoms with Crippen molar-refractivity contribution in [3.63, 3.8) is 0 Å². The van der Waals surface area contributed by atoms with Crippen molar-refractivity contribution in [1.82, 2.24) is 10.6 Å². The number of hydrogen-bond acceptors (Lipinski definition) is 6. The van der Waals surface area contributed by atoms with E-state index in [1.807, 2.05) is 0 Å². The number of carbonyl (C=O) groups is 3. The van der Waals surface area contributed by atoms with Gasteiger partial charge in [0.05, 0.1) is 40.7 Å². The summed E-state index contributed by atoms with van der Waals surface area (Å²) in [5.74, 6) is -1.44. The topological polar surface area (TPSA) is 114 Å². The Kier molecular flexibility index (Phi) is 8.55. The Morgan fingerprint density at radius 1 is 1.05 bits per heavy atom. The molecule has 10 heteroatoms. The number of amides is 2. The molecule has 6 aliphatic rings. The molecular weight excluding hydrogens is 563 g/mol. The van der Waals surface area contributed by atoms with Crippen LogP contribution in [-0.2, 0) is 19.1 Å². The van der Waals surface area contributed by atoms with E-state index < -0.39 is 34.8 Å². The van der Waals surface area contributed by atoms with Gasteiger partial charge in [0.1, 0.15) is 17.3 Å². The smallest absolute Gasteiger partial charge is 0.258 e. The third kappa shape index (κ3) is 5.81. The van der Waals surface area contributed by atoms with Crippen molar-refractivity contribution >= 4 is 29.2 Å². The van der Waals surface area contributed by atoms with Gasteiger partial charge < -0.3 is 25.2 Å². The van der Waals surface area contributed by atoms with Crippen molar-refractivity contribution < 1.29 is 33.4 Å². The highest BCUT2D eigenvalue weighted by atomic mass is 35.5. The second-order valence-corrected chi connectivity index (χ2v) is 13.8. The van der Waals surface area contributed by atoms with Crippen LogP contribution in [0.1, 0.15) is 89.9 Å². The maximum Gasteiger partial charge on any atom is 0.258 e. The van der Waals surface area contributed by atoms with Crippen LogP contribution in [0.5, 0.6) is 5.75 Å². The molecule has 6 fully saturated rings. The molecule has 5 unspecified atom stereocenters. The number of aliphatic hydroxyl groups is 1. The van der Waals surface area contributed by atoms with Gasteiger partial charge in [-0.25, -0.2) is 4.39 Å². The fourth-order valence-electron chi connectivity index (χ4n) is 8.50. The molecule has 2 bridgehead atoms. The lowest BCUT2D eigenvalue weighted by Gasteiger charge is -2.56. The summed E-state index contributed by atoms with van der Waals surface area (Å²) in [6, 6.07) is 4.00. The number of fused-ring (bicyclic) bond motifs is 4. The zero-order chi connectivity index (χ0) is 29.5. The summed E-state index contributed by atoms with van der Waals surface area (Å²) in [7, 11) is 0. The summed E-state index contributed by atoms with van der Waals surface area (Å²) < 4.78 is 25.7. The minimum Gasteiger partial charge on any atom is -0.484 e. The lowest BCUT2D eigenvalue weighted by Crippen LogP contribution is -2.71. The number of halogens is 2. The molecule has 1 aliphatic heterocycles. The molecule has 7 rings (SSSR count). The van der Waals surface area contributed by atoms with Gasteiger partial charge in [0.15, 0.2) is 6.61 Å². The van der Waals surface area contributed by atoms with Crippen molar-refractivity contribution in [3.05, 3.63) is 29.0 Å². The highest BCUT2D eigenvalue weighted by molar-refractivity contribution is 6.30. The van der Waals surface area contributed by atoms with Gasteiger partial charge in [0.25, 0.3) is 5.91 Å². The predicted molar refractivity (Wildman–Crippen MR) is 153 cm³/mol. The predicted octanol–water partition coefficient (Wildman–Crippen LogP) is 4.63. The quantitative estimate of drug-likeness (QED) is 0.391. The molecule has 5 atom stereocenters. The minimum atomic E-state index is -0.841. The zero-order valence-electron chi connectivity index (χ0n) is 24.0. The summed E-state index contributed by atoms with van der Waals surface area (Å²) in [6.07, 6.45) is 10.1. The van der Waals surface area contributed by atoms with Gasteiger partial charge in [-0.05, 0) is 75.8 Å². The van der Waals surface area contributed by atoms with Crippen LogP contribution >= 0.6 is 11.6 Å². The van der Waals surface area contributed by atoms with Crippen LogP contribution in [0.3, 0.4) is 0 Å². The number of ether oxygens (including phenoxy) is 2. The molecule has 1 aromatic carbocycles. The van der Waals surface area contributed by atoms with Gasteiger partial charge in [0, 0.05) is 18.0 Å². The normalized spacial score (nSPS) is 36.6. The summed E-state index contributed by atoms with van der Waals surface area (Å²) in [5, 5.41) is 17.7. The molecular formula is C32H42ClFN2O6. The van der Waals surface area contributed by atoms with E-state index in [-0.39, 0.29) is 53.1 Å². The van der Waals surface area contributed by atoms with Crippen LogP contribution in [0, 0.1) is 23.6 Å². The largest absolute Gasteiger partial charge is 0.484 e. The first-order valence-electron chi connectivity index (χ1n) is 15.8. The van der Waals surface area contributed by atoms with Gasteiger partial charge >= 0.3 is 0 Å². The van der Waals surface area contributed by atoms with Crippen LogP contribution in [-0.4, -0.2) is 58.7 Å². The molecule has 8 nitrogen and oxygen atoms in total. The second-order valence-electron chi connectivity index (χ2n) is 13.4. The summed E-state index contributed by atoms with van der Waals surface area (Å²) in [6.45, 7) is -0.290. The first kappa shape index (κ1) is 29.8. The van der Waals surface area contributed by atoms with Crippen molar-refractivity contribution in [2.45, 2.75) is 119 Å². The van der Waals surface area contributed by atoms with Crippen LogP contribution in [0.25, 0.3) is 0 Å². The third-order valence-electron chi connectivity index (χ3n) is 10.8. The van der Waals surface area contributed by atoms with Gasteiger partial charge in [-0.15, -0.1) is 0 Å². The molecule has 0 radical (unpaired) electrons. The van der Waals surface area contributed by atoms with Crippen molar-refractivity contribution in [3.8, 4) is 5.75 Å². The molecule has 42 heavy (non-hydrogen) atoms. The standard InChI is InChI=1S/C32H42ClFN2O6/c33-21-11-10-20(16-22(21)34)41-18-26(39)35-31-12-14-32(15-13-31,25(38)17-31)36-30(40)28-27-23(37)8-5-9-24(27)42-29(28)19-6-3-1-2-4-7-19/h10-11,16,19,24-25,27-29,38H,1-9,12-15,17-18H2,(H,35,39)(H,36,40). The number of nitrogens with one attached hydrogen (secondary N) is 2. The first-order valence-corrected chi connectivity index (χ1v) is 16.1. The monoisotopic (exact) mass is 604 g/mol. The molecule has 3 N–H and O–H groups in total. The average molecular weight is 605 g/mol. The molecule has 0 aromatic heterocycles. The van der Waals surface area contributed by atoms with Gasteiger partial charge in [-0.3, -0.25) is 14.4 Å². The lowest BCUT2D eigenvalue weighted by atomic mass is 9.59. The van der Waals surface area contributed by atoms with E-state index in [0.29, 0.717) is 38.5 Å². The zero-order valence-corrected chi connectivity index (χ0v) is 24.8. The number of Topliss-reactive ketones (excluding diaryl/α,β-unsaturated/α-hetero) is 1.